The van der Waals surface area contributed by atoms with E-state index >= 15 is 0 Å². The summed E-state index contributed by atoms with van der Waals surface area (Å²) in [4.78, 5) is 2.37. The number of likely N-dealkylation sites (tertiary alicyclic amines) is 1. The molecule has 0 spiro atoms. The molecule has 1 heterocycles. The van der Waals surface area contributed by atoms with Gasteiger partial charge in [0.25, 0.3) is 0 Å². The smallest absolute Gasteiger partial charge is 0.217 e. The van der Waals surface area contributed by atoms with Gasteiger partial charge < -0.3 is 0 Å². The second-order valence-corrected chi connectivity index (χ2v) is 11.1. The summed E-state index contributed by atoms with van der Waals surface area (Å²) in [6.07, 6.45) is 4.40. The lowest BCUT2D eigenvalue weighted by molar-refractivity contribution is 0.134. The summed E-state index contributed by atoms with van der Waals surface area (Å²) in [5.41, 5.74) is 0.187. The Labute approximate surface area is 170 Å². The summed E-state index contributed by atoms with van der Waals surface area (Å²) >= 11 is 0. The third kappa shape index (κ3) is 5.44. The Morgan fingerprint density at radius 2 is 1.86 bits per heavy atom. The van der Waals surface area contributed by atoms with Crippen LogP contribution < -0.4 is 4.72 Å². The highest BCUT2D eigenvalue weighted by Crippen LogP contribution is 2.34. The maximum absolute atomic E-state index is 12.8. The van der Waals surface area contributed by atoms with Gasteiger partial charge in [0, 0.05) is 6.54 Å². The minimum atomic E-state index is -3.63. The number of benzene rings is 1. The van der Waals surface area contributed by atoms with E-state index in [4.69, 9.17) is 0 Å². The number of hydrogen-bond acceptors (Lipinski definition) is 4. The first-order valence-corrected chi connectivity index (χ1v) is 11.4. The van der Waals surface area contributed by atoms with Crippen molar-refractivity contribution in [1.29, 1.82) is 5.26 Å². The number of rotatable bonds is 8. The van der Waals surface area contributed by atoms with Gasteiger partial charge in [-0.25, -0.2) is 8.42 Å². The van der Waals surface area contributed by atoms with E-state index in [0.717, 1.165) is 32.5 Å². The molecule has 0 saturated carbocycles. The summed E-state index contributed by atoms with van der Waals surface area (Å²) < 4.78 is 27.5. The van der Waals surface area contributed by atoms with E-state index < -0.39 is 20.3 Å². The lowest BCUT2D eigenvalue weighted by Crippen LogP contribution is -2.58. The largest absolute Gasteiger partial charge is 0.299 e. The molecule has 1 fully saturated rings. The van der Waals surface area contributed by atoms with Gasteiger partial charge in [-0.1, -0.05) is 36.4 Å². The first-order valence-electron chi connectivity index (χ1n) is 9.95. The van der Waals surface area contributed by atoms with Crippen molar-refractivity contribution >= 4 is 10.0 Å². The molecule has 1 aliphatic rings. The summed E-state index contributed by atoms with van der Waals surface area (Å²) in [5, 5.41) is 10.1. The Bertz CT molecular complexity index is 785. The lowest BCUT2D eigenvalue weighted by Gasteiger charge is -2.42. The van der Waals surface area contributed by atoms with Crippen LogP contribution in [-0.4, -0.2) is 36.7 Å². The van der Waals surface area contributed by atoms with Crippen LogP contribution in [0.25, 0.3) is 0 Å². The molecule has 1 N–H and O–H groups in total. The van der Waals surface area contributed by atoms with E-state index in [1.165, 1.54) is 5.56 Å². The van der Waals surface area contributed by atoms with Crippen LogP contribution in [0.1, 0.15) is 52.0 Å². The van der Waals surface area contributed by atoms with Crippen molar-refractivity contribution in [3.05, 3.63) is 48.6 Å². The maximum atomic E-state index is 12.8. The highest BCUT2D eigenvalue weighted by molar-refractivity contribution is 7.90. The molecule has 5 nitrogen and oxygen atoms in total. The van der Waals surface area contributed by atoms with Crippen molar-refractivity contribution < 1.29 is 8.42 Å². The van der Waals surface area contributed by atoms with Crippen LogP contribution in [0, 0.1) is 17.2 Å². The highest BCUT2D eigenvalue weighted by Gasteiger charge is 2.45. The van der Waals surface area contributed by atoms with Crippen molar-refractivity contribution in [2.75, 3.05) is 13.1 Å². The summed E-state index contributed by atoms with van der Waals surface area (Å²) in [6.45, 7) is 11.3. The third-order valence-corrected chi connectivity index (χ3v) is 7.84. The molecule has 1 saturated heterocycles. The zero-order valence-corrected chi connectivity index (χ0v) is 18.1. The fourth-order valence-electron chi connectivity index (χ4n) is 3.66. The predicted molar refractivity (Wildman–Crippen MR) is 114 cm³/mol. The molecule has 28 heavy (non-hydrogen) atoms. The minimum Gasteiger partial charge on any atom is -0.299 e. The highest BCUT2D eigenvalue weighted by atomic mass is 32.2. The molecule has 0 amide bonds. The van der Waals surface area contributed by atoms with E-state index in [-0.39, 0.29) is 5.92 Å². The molecule has 0 aliphatic carbocycles. The zero-order chi connectivity index (χ0) is 20.8. The number of sulfonamides is 1. The zero-order valence-electron chi connectivity index (χ0n) is 17.3. The number of nitrogens with zero attached hydrogens (tertiary/aromatic N) is 2. The minimum absolute atomic E-state index is 0.0124. The van der Waals surface area contributed by atoms with Gasteiger partial charge >= 0.3 is 0 Å². The van der Waals surface area contributed by atoms with Crippen molar-refractivity contribution in [2.45, 2.75) is 63.3 Å². The van der Waals surface area contributed by atoms with Gasteiger partial charge in [0.15, 0.2) is 0 Å². The Morgan fingerprint density at radius 1 is 1.25 bits per heavy atom. The Balaban J connectivity index is 2.14. The standard InChI is InChI=1S/C22H33N3O2S/c1-5-6-14-22(18-23,24-28(26,27)21(2,3)4)20-12-15-25(16-13-20)17-19-10-8-7-9-11-19/h5,7-11,20,24H,1,6,12-17H2,2-4H3/t22-/m0/s1. The Kier molecular flexibility index (Phi) is 7.44. The van der Waals surface area contributed by atoms with Gasteiger partial charge in [-0.3, -0.25) is 4.90 Å². The van der Waals surface area contributed by atoms with E-state index in [9.17, 15) is 13.7 Å². The van der Waals surface area contributed by atoms with Gasteiger partial charge in [-0.15, -0.1) is 6.58 Å². The molecular formula is C22H33N3O2S. The van der Waals surface area contributed by atoms with Crippen LogP contribution in [0.15, 0.2) is 43.0 Å². The number of nitriles is 1. The van der Waals surface area contributed by atoms with Crippen molar-refractivity contribution in [3.63, 3.8) is 0 Å². The van der Waals surface area contributed by atoms with Crippen molar-refractivity contribution in [3.8, 4) is 6.07 Å². The van der Waals surface area contributed by atoms with Gasteiger partial charge in [0.2, 0.25) is 10.0 Å². The van der Waals surface area contributed by atoms with Crippen molar-refractivity contribution in [1.82, 2.24) is 9.62 Å². The molecule has 0 radical (unpaired) electrons. The lowest BCUT2D eigenvalue weighted by atomic mass is 9.76. The van der Waals surface area contributed by atoms with Crippen LogP contribution in [0.5, 0.6) is 0 Å². The Hall–Kier alpha value is -1.68. The molecular weight excluding hydrogens is 370 g/mol. The fourth-order valence-corrected chi connectivity index (χ4v) is 4.76. The van der Waals surface area contributed by atoms with Gasteiger partial charge in [-0.2, -0.15) is 9.98 Å². The summed E-state index contributed by atoms with van der Waals surface area (Å²) in [6, 6.07) is 12.7. The second kappa shape index (κ2) is 9.21. The molecule has 1 atom stereocenters. The number of nitrogens with one attached hydrogen (secondary N) is 1. The molecule has 6 heteroatoms. The van der Waals surface area contributed by atoms with Gasteiger partial charge in [0.1, 0.15) is 5.54 Å². The molecule has 1 aliphatic heterocycles. The van der Waals surface area contributed by atoms with Crippen LogP contribution in [0.4, 0.5) is 0 Å². The van der Waals surface area contributed by atoms with Crippen molar-refractivity contribution in [2.24, 2.45) is 5.92 Å². The number of hydrogen-bond donors (Lipinski definition) is 1. The topological polar surface area (TPSA) is 73.2 Å². The molecule has 0 bridgehead atoms. The fraction of sp³-hybridized carbons (Fsp3) is 0.591. The molecule has 0 unspecified atom stereocenters. The van der Waals surface area contributed by atoms with Crippen LogP contribution in [0.3, 0.4) is 0 Å². The first-order chi connectivity index (χ1) is 13.1. The van der Waals surface area contributed by atoms with E-state index in [1.807, 2.05) is 18.2 Å². The van der Waals surface area contributed by atoms with E-state index in [2.05, 4.69) is 34.4 Å². The van der Waals surface area contributed by atoms with E-state index in [1.54, 1.807) is 26.8 Å². The van der Waals surface area contributed by atoms with E-state index in [0.29, 0.717) is 12.8 Å². The van der Waals surface area contributed by atoms with Crippen LogP contribution >= 0.6 is 0 Å². The maximum Gasteiger partial charge on any atom is 0.217 e. The predicted octanol–water partition coefficient (Wildman–Crippen LogP) is 3.85. The average Bonchev–Trinajstić information content (AvgIpc) is 2.65. The molecule has 154 valence electrons. The molecule has 2 rings (SSSR count). The molecule has 1 aromatic carbocycles. The third-order valence-electron chi connectivity index (χ3n) is 5.60. The summed E-state index contributed by atoms with van der Waals surface area (Å²) in [7, 11) is -3.63. The normalized spacial score (nSPS) is 18.9. The molecule has 0 aromatic heterocycles. The molecule has 1 aromatic rings. The first kappa shape index (κ1) is 22.6. The second-order valence-electron chi connectivity index (χ2n) is 8.66. The van der Waals surface area contributed by atoms with Gasteiger partial charge in [0.05, 0.1) is 10.8 Å². The SMILES string of the molecule is C=CCC[C@@](C#N)(NS(=O)(=O)C(C)(C)C)C1CCN(Cc2ccccc2)CC1. The number of piperidine rings is 1. The van der Waals surface area contributed by atoms with Crippen LogP contribution in [0.2, 0.25) is 0 Å². The quantitative estimate of drug-likeness (QED) is 0.669. The Morgan fingerprint density at radius 3 is 2.36 bits per heavy atom. The monoisotopic (exact) mass is 403 g/mol. The number of allylic oxidation sites excluding steroid dienone is 1. The summed E-state index contributed by atoms with van der Waals surface area (Å²) in [5.74, 6) is -0.0124. The average molecular weight is 404 g/mol. The van der Waals surface area contributed by atoms with Gasteiger partial charge in [-0.05, 0) is 71.0 Å². The van der Waals surface area contributed by atoms with Crippen LogP contribution in [-0.2, 0) is 16.6 Å².